The average molecular weight is 336 g/mol. The largest absolute Gasteiger partial charge is 0.339 e. The van der Waals surface area contributed by atoms with Gasteiger partial charge in [0, 0.05) is 24.9 Å². The smallest absolute Gasteiger partial charge is 0.222 e. The van der Waals surface area contributed by atoms with E-state index in [9.17, 15) is 4.79 Å². The van der Waals surface area contributed by atoms with E-state index in [1.165, 1.54) is 11.1 Å². The molecule has 1 atom stereocenters. The van der Waals surface area contributed by atoms with Crippen LogP contribution in [0.3, 0.4) is 0 Å². The van der Waals surface area contributed by atoms with Crippen molar-refractivity contribution in [1.82, 2.24) is 10.2 Å². The Morgan fingerprint density at radius 3 is 2.20 bits per heavy atom. The van der Waals surface area contributed by atoms with E-state index in [4.69, 9.17) is 0 Å². The van der Waals surface area contributed by atoms with Crippen LogP contribution in [-0.4, -0.2) is 36.5 Å². The van der Waals surface area contributed by atoms with E-state index >= 15 is 0 Å². The maximum absolute atomic E-state index is 12.5. The first-order valence-electron chi connectivity index (χ1n) is 9.39. The highest BCUT2D eigenvalue weighted by atomic mass is 16.2. The lowest BCUT2D eigenvalue weighted by Crippen LogP contribution is -2.38. The summed E-state index contributed by atoms with van der Waals surface area (Å²) in [4.78, 5) is 14.6. The van der Waals surface area contributed by atoms with Crippen molar-refractivity contribution in [1.29, 1.82) is 0 Å². The second kappa shape index (κ2) is 8.82. The minimum absolute atomic E-state index is 0.228. The van der Waals surface area contributed by atoms with Gasteiger partial charge in [0.25, 0.3) is 0 Å². The molecule has 0 aromatic heterocycles. The van der Waals surface area contributed by atoms with Crippen LogP contribution in [0.15, 0.2) is 60.7 Å². The van der Waals surface area contributed by atoms with Gasteiger partial charge in [-0.1, -0.05) is 67.6 Å². The summed E-state index contributed by atoms with van der Waals surface area (Å²) in [7, 11) is 0. The molecular weight excluding hydrogens is 308 g/mol. The van der Waals surface area contributed by atoms with Crippen LogP contribution in [0.1, 0.15) is 43.2 Å². The molecule has 0 saturated carbocycles. The Kier molecular flexibility index (Phi) is 6.24. The maximum atomic E-state index is 12.5. The molecular formula is C22H28N2O. The fourth-order valence-corrected chi connectivity index (χ4v) is 3.76. The lowest BCUT2D eigenvalue weighted by atomic mass is 9.90. The molecule has 0 spiro atoms. The van der Waals surface area contributed by atoms with Crippen LogP contribution < -0.4 is 5.32 Å². The highest BCUT2D eigenvalue weighted by Crippen LogP contribution is 2.30. The van der Waals surface area contributed by atoms with Crippen LogP contribution in [0, 0.1) is 0 Å². The molecule has 3 heteroatoms. The molecule has 0 unspecified atom stereocenters. The Morgan fingerprint density at radius 2 is 1.64 bits per heavy atom. The number of carbonyl (C=O) groups excluding carboxylic acids is 1. The van der Waals surface area contributed by atoms with Gasteiger partial charge in [-0.3, -0.25) is 4.79 Å². The average Bonchev–Trinajstić information content (AvgIpc) is 3.01. The highest BCUT2D eigenvalue weighted by Gasteiger charge is 2.32. The number of rotatable bonds is 8. The number of benzene rings is 2. The molecule has 1 fully saturated rings. The van der Waals surface area contributed by atoms with Crippen molar-refractivity contribution in [2.24, 2.45) is 0 Å². The van der Waals surface area contributed by atoms with E-state index < -0.39 is 0 Å². The minimum Gasteiger partial charge on any atom is -0.339 e. The maximum Gasteiger partial charge on any atom is 0.222 e. The lowest BCUT2D eigenvalue weighted by Gasteiger charge is -2.30. The van der Waals surface area contributed by atoms with Gasteiger partial charge in [0.15, 0.2) is 0 Å². The third-order valence-electron chi connectivity index (χ3n) is 5.14. The fraction of sp³-hybridized carbons (Fsp3) is 0.409. The molecule has 0 radical (unpaired) electrons. The molecule has 2 aromatic carbocycles. The molecule has 1 saturated heterocycles. The van der Waals surface area contributed by atoms with Crippen LogP contribution in [0.25, 0.3) is 0 Å². The van der Waals surface area contributed by atoms with Gasteiger partial charge in [-0.05, 0) is 37.1 Å². The van der Waals surface area contributed by atoms with Crippen LogP contribution in [0.4, 0.5) is 0 Å². The molecule has 0 aliphatic carbocycles. The van der Waals surface area contributed by atoms with E-state index in [1.807, 2.05) is 12.1 Å². The van der Waals surface area contributed by atoms with Gasteiger partial charge in [0.1, 0.15) is 0 Å². The number of nitrogens with zero attached hydrogens (tertiary/aromatic N) is 1. The Balaban J connectivity index is 1.80. The van der Waals surface area contributed by atoms with Crippen molar-refractivity contribution in [3.8, 4) is 0 Å². The highest BCUT2D eigenvalue weighted by molar-refractivity contribution is 5.79. The van der Waals surface area contributed by atoms with Crippen LogP contribution in [0.2, 0.25) is 0 Å². The summed E-state index contributed by atoms with van der Waals surface area (Å²) in [5.74, 6) is 0.532. The standard InChI is InChI=1S/C22H28N2O/c1-2-23-16-15-20-13-14-22(25)24(20)17-21(18-9-5-3-6-10-18)19-11-7-4-8-12-19/h3-12,20-21,23H,2,13-17H2,1H3/t20-/m0/s1. The normalized spacial score (nSPS) is 17.4. The molecule has 132 valence electrons. The van der Waals surface area contributed by atoms with Crippen LogP contribution >= 0.6 is 0 Å². The first-order chi connectivity index (χ1) is 12.3. The Hall–Kier alpha value is -2.13. The van der Waals surface area contributed by atoms with Crippen molar-refractivity contribution in [3.05, 3.63) is 71.8 Å². The summed E-state index contributed by atoms with van der Waals surface area (Å²) in [5.41, 5.74) is 2.55. The first-order valence-corrected chi connectivity index (χ1v) is 9.39. The predicted molar refractivity (Wildman–Crippen MR) is 103 cm³/mol. The Morgan fingerprint density at radius 1 is 1.04 bits per heavy atom. The van der Waals surface area contributed by atoms with Gasteiger partial charge in [-0.2, -0.15) is 0 Å². The molecule has 1 aliphatic heterocycles. The number of carbonyl (C=O) groups is 1. The number of hydrogen-bond acceptors (Lipinski definition) is 2. The Labute approximate surface area is 151 Å². The third kappa shape index (κ3) is 4.49. The minimum atomic E-state index is 0.228. The van der Waals surface area contributed by atoms with Crippen molar-refractivity contribution in [3.63, 3.8) is 0 Å². The second-order valence-corrected chi connectivity index (χ2v) is 6.75. The van der Waals surface area contributed by atoms with Gasteiger partial charge >= 0.3 is 0 Å². The van der Waals surface area contributed by atoms with E-state index in [2.05, 4.69) is 65.7 Å². The molecule has 3 nitrogen and oxygen atoms in total. The molecule has 0 bridgehead atoms. The van der Waals surface area contributed by atoms with E-state index in [-0.39, 0.29) is 5.92 Å². The van der Waals surface area contributed by atoms with Gasteiger partial charge in [-0.25, -0.2) is 0 Å². The lowest BCUT2D eigenvalue weighted by molar-refractivity contribution is -0.129. The molecule has 25 heavy (non-hydrogen) atoms. The summed E-state index contributed by atoms with van der Waals surface area (Å²) in [6.45, 7) is 4.85. The molecule has 1 heterocycles. The first kappa shape index (κ1) is 17.7. The predicted octanol–water partition coefficient (Wildman–Crippen LogP) is 3.81. The molecule has 2 aromatic rings. The number of hydrogen-bond donors (Lipinski definition) is 1. The van der Waals surface area contributed by atoms with E-state index in [1.54, 1.807) is 0 Å². The molecule has 1 amide bonds. The van der Waals surface area contributed by atoms with Crippen LogP contribution in [-0.2, 0) is 4.79 Å². The van der Waals surface area contributed by atoms with Gasteiger partial charge in [0.05, 0.1) is 0 Å². The molecule has 3 rings (SSSR count). The number of likely N-dealkylation sites (tertiary alicyclic amines) is 1. The summed E-state index contributed by atoms with van der Waals surface area (Å²) in [6.07, 6.45) is 2.71. The quantitative estimate of drug-likeness (QED) is 0.744. The number of amides is 1. The zero-order chi connectivity index (χ0) is 17.5. The van der Waals surface area contributed by atoms with Crippen molar-refractivity contribution >= 4 is 5.91 Å². The Bertz CT molecular complexity index is 617. The van der Waals surface area contributed by atoms with Gasteiger partial charge in [-0.15, -0.1) is 0 Å². The topological polar surface area (TPSA) is 32.3 Å². The zero-order valence-corrected chi connectivity index (χ0v) is 15.0. The monoisotopic (exact) mass is 336 g/mol. The van der Waals surface area contributed by atoms with Crippen molar-refractivity contribution in [2.45, 2.75) is 38.1 Å². The van der Waals surface area contributed by atoms with Crippen molar-refractivity contribution < 1.29 is 4.79 Å². The zero-order valence-electron chi connectivity index (χ0n) is 15.0. The van der Waals surface area contributed by atoms with E-state index in [0.29, 0.717) is 18.4 Å². The summed E-state index contributed by atoms with van der Waals surface area (Å²) in [5, 5.41) is 3.39. The summed E-state index contributed by atoms with van der Waals surface area (Å²) in [6, 6.07) is 21.5. The summed E-state index contributed by atoms with van der Waals surface area (Å²) < 4.78 is 0. The fourth-order valence-electron chi connectivity index (χ4n) is 3.76. The molecule has 1 N–H and O–H groups in total. The second-order valence-electron chi connectivity index (χ2n) is 6.75. The van der Waals surface area contributed by atoms with Gasteiger partial charge < -0.3 is 10.2 Å². The molecule has 1 aliphatic rings. The third-order valence-corrected chi connectivity index (χ3v) is 5.14. The summed E-state index contributed by atoms with van der Waals surface area (Å²) >= 11 is 0. The van der Waals surface area contributed by atoms with Gasteiger partial charge in [0.2, 0.25) is 5.91 Å². The van der Waals surface area contributed by atoms with E-state index in [0.717, 1.165) is 32.5 Å². The van der Waals surface area contributed by atoms with Crippen molar-refractivity contribution in [2.75, 3.05) is 19.6 Å². The number of nitrogens with one attached hydrogen (secondary N) is 1. The SMILES string of the molecule is CCNCC[C@@H]1CCC(=O)N1CC(c1ccccc1)c1ccccc1. The van der Waals surface area contributed by atoms with Crippen LogP contribution in [0.5, 0.6) is 0 Å².